The first kappa shape index (κ1) is 11.4. The highest BCUT2D eigenvalue weighted by atomic mass is 35.5. The molecule has 1 aliphatic rings. The number of hydrogen-bond donors (Lipinski definition) is 1. The van der Waals surface area contributed by atoms with Crippen LogP contribution >= 0.6 is 11.6 Å². The highest BCUT2D eigenvalue weighted by Crippen LogP contribution is 2.20. The van der Waals surface area contributed by atoms with E-state index in [0.717, 1.165) is 18.5 Å². The topological polar surface area (TPSA) is 42.0 Å². The van der Waals surface area contributed by atoms with E-state index in [-0.39, 0.29) is 11.9 Å². The monoisotopic (exact) mass is 238 g/mol. The molecule has 16 heavy (non-hydrogen) atoms. The Balaban J connectivity index is 2.24. The van der Waals surface area contributed by atoms with Gasteiger partial charge in [-0.15, -0.1) is 0 Å². The van der Waals surface area contributed by atoms with Crippen molar-refractivity contribution in [3.63, 3.8) is 0 Å². The van der Waals surface area contributed by atoms with E-state index in [2.05, 4.69) is 24.1 Å². The van der Waals surface area contributed by atoms with Crippen molar-refractivity contribution in [2.75, 3.05) is 0 Å². The summed E-state index contributed by atoms with van der Waals surface area (Å²) in [6.07, 6.45) is 1.75. The average molecular weight is 239 g/mol. The Bertz CT molecular complexity index is 417. The second-order valence-corrected chi connectivity index (χ2v) is 5.02. The molecule has 1 atom stereocenters. The molecule has 0 aromatic carbocycles. The van der Waals surface area contributed by atoms with E-state index in [1.807, 2.05) is 0 Å². The van der Waals surface area contributed by atoms with Gasteiger partial charge in [0.15, 0.2) is 0 Å². The largest absolute Gasteiger partial charge is 0.349 e. The van der Waals surface area contributed by atoms with Crippen LogP contribution < -0.4 is 5.32 Å². The van der Waals surface area contributed by atoms with E-state index >= 15 is 0 Å². The maximum Gasteiger partial charge on any atom is 0.253 e. The molecule has 0 aliphatic carbocycles. The van der Waals surface area contributed by atoms with Crippen molar-refractivity contribution in [1.82, 2.24) is 10.3 Å². The van der Waals surface area contributed by atoms with Gasteiger partial charge in [-0.1, -0.05) is 25.4 Å². The maximum absolute atomic E-state index is 11.8. The Morgan fingerprint density at radius 2 is 2.31 bits per heavy atom. The van der Waals surface area contributed by atoms with Crippen molar-refractivity contribution in [3.05, 3.63) is 28.5 Å². The summed E-state index contributed by atoms with van der Waals surface area (Å²) in [7, 11) is 0. The van der Waals surface area contributed by atoms with E-state index in [4.69, 9.17) is 11.6 Å². The third-order valence-corrected chi connectivity index (χ3v) is 2.93. The molecule has 1 N–H and O–H groups in total. The molecule has 0 fully saturated rings. The Morgan fingerprint density at radius 3 is 3.00 bits per heavy atom. The minimum Gasteiger partial charge on any atom is -0.349 e. The van der Waals surface area contributed by atoms with Crippen LogP contribution in [0, 0.1) is 5.92 Å². The average Bonchev–Trinajstić information content (AvgIpc) is 2.15. The minimum absolute atomic E-state index is 0.0314. The van der Waals surface area contributed by atoms with Crippen LogP contribution in [0.3, 0.4) is 0 Å². The number of aromatic nitrogens is 1. The lowest BCUT2D eigenvalue weighted by Crippen LogP contribution is -2.42. The zero-order valence-electron chi connectivity index (χ0n) is 9.46. The first-order valence-electron chi connectivity index (χ1n) is 5.52. The van der Waals surface area contributed by atoms with E-state index in [1.54, 1.807) is 12.1 Å². The molecule has 0 saturated carbocycles. The Hall–Kier alpha value is -1.09. The second-order valence-electron chi connectivity index (χ2n) is 4.63. The Morgan fingerprint density at radius 1 is 1.56 bits per heavy atom. The zero-order chi connectivity index (χ0) is 11.7. The molecular formula is C12H15ClN2O. The molecule has 4 heteroatoms. The van der Waals surface area contributed by atoms with Crippen LogP contribution in [0.25, 0.3) is 0 Å². The lowest BCUT2D eigenvalue weighted by atomic mass is 9.94. The van der Waals surface area contributed by atoms with Crippen molar-refractivity contribution < 1.29 is 4.79 Å². The molecule has 0 spiro atoms. The predicted molar refractivity (Wildman–Crippen MR) is 63.7 cm³/mol. The third kappa shape index (κ3) is 2.35. The van der Waals surface area contributed by atoms with E-state index in [0.29, 0.717) is 16.6 Å². The summed E-state index contributed by atoms with van der Waals surface area (Å²) in [6.45, 7) is 4.29. The Labute approximate surface area is 100 Å². The lowest BCUT2D eigenvalue weighted by Gasteiger charge is -2.26. The van der Waals surface area contributed by atoms with Gasteiger partial charge in [0.05, 0.1) is 11.3 Å². The van der Waals surface area contributed by atoms with Crippen molar-refractivity contribution in [2.24, 2.45) is 5.92 Å². The number of amides is 1. The van der Waals surface area contributed by atoms with E-state index in [9.17, 15) is 4.79 Å². The highest BCUT2D eigenvalue weighted by Gasteiger charge is 2.25. The van der Waals surface area contributed by atoms with Gasteiger partial charge in [-0.3, -0.25) is 4.79 Å². The number of carbonyl (C=O) groups excluding carboxylic acids is 1. The molecule has 1 unspecified atom stereocenters. The second kappa shape index (κ2) is 4.42. The van der Waals surface area contributed by atoms with Crippen LogP contribution in [0.2, 0.25) is 5.15 Å². The number of hydrogen-bond acceptors (Lipinski definition) is 2. The van der Waals surface area contributed by atoms with Gasteiger partial charge in [0, 0.05) is 12.5 Å². The van der Waals surface area contributed by atoms with Gasteiger partial charge in [0.25, 0.3) is 5.91 Å². The standard InChI is InChI=1S/C12H15ClN2O/c1-7(2)5-8-6-10-9(12(16)14-8)3-4-11(13)15-10/h3-4,7-8H,5-6H2,1-2H3,(H,14,16). The molecule has 1 aliphatic heterocycles. The fourth-order valence-electron chi connectivity index (χ4n) is 2.10. The fraction of sp³-hybridized carbons (Fsp3) is 0.500. The predicted octanol–water partition coefficient (Wildman–Crippen LogP) is 2.44. The van der Waals surface area contributed by atoms with Gasteiger partial charge < -0.3 is 5.32 Å². The van der Waals surface area contributed by atoms with Gasteiger partial charge >= 0.3 is 0 Å². The minimum atomic E-state index is -0.0314. The van der Waals surface area contributed by atoms with Crippen molar-refractivity contribution in [1.29, 1.82) is 0 Å². The summed E-state index contributed by atoms with van der Waals surface area (Å²) in [5.41, 5.74) is 1.48. The van der Waals surface area contributed by atoms with Gasteiger partial charge in [-0.25, -0.2) is 4.98 Å². The molecule has 3 nitrogen and oxygen atoms in total. The number of nitrogens with one attached hydrogen (secondary N) is 1. The number of halogens is 1. The summed E-state index contributed by atoms with van der Waals surface area (Å²) in [4.78, 5) is 16.0. The van der Waals surface area contributed by atoms with Crippen LogP contribution in [0.5, 0.6) is 0 Å². The highest BCUT2D eigenvalue weighted by molar-refractivity contribution is 6.29. The lowest BCUT2D eigenvalue weighted by molar-refractivity contribution is 0.0918. The number of fused-ring (bicyclic) bond motifs is 1. The number of rotatable bonds is 2. The summed E-state index contributed by atoms with van der Waals surface area (Å²) in [5, 5.41) is 3.46. The van der Waals surface area contributed by atoms with Gasteiger partial charge in [0.1, 0.15) is 5.15 Å². The molecule has 1 aromatic heterocycles. The van der Waals surface area contributed by atoms with Crippen LogP contribution in [0.1, 0.15) is 36.3 Å². The van der Waals surface area contributed by atoms with E-state index in [1.165, 1.54) is 0 Å². The summed E-state index contributed by atoms with van der Waals surface area (Å²) >= 11 is 5.83. The Kier molecular flexibility index (Phi) is 3.15. The summed E-state index contributed by atoms with van der Waals surface area (Å²) in [6, 6.07) is 3.58. The molecule has 2 heterocycles. The van der Waals surface area contributed by atoms with Gasteiger partial charge in [-0.2, -0.15) is 0 Å². The molecule has 86 valence electrons. The molecule has 0 saturated heterocycles. The van der Waals surface area contributed by atoms with Gasteiger partial charge in [-0.05, 0) is 24.5 Å². The molecule has 0 bridgehead atoms. The van der Waals surface area contributed by atoms with E-state index < -0.39 is 0 Å². The first-order valence-corrected chi connectivity index (χ1v) is 5.90. The zero-order valence-corrected chi connectivity index (χ0v) is 10.2. The molecule has 1 aromatic rings. The van der Waals surface area contributed by atoms with Crippen LogP contribution in [0.15, 0.2) is 12.1 Å². The fourth-order valence-corrected chi connectivity index (χ4v) is 2.26. The SMILES string of the molecule is CC(C)CC1Cc2nc(Cl)ccc2C(=O)N1. The number of carbonyl (C=O) groups is 1. The van der Waals surface area contributed by atoms with Crippen molar-refractivity contribution >= 4 is 17.5 Å². The molecule has 0 radical (unpaired) electrons. The number of nitrogens with zero attached hydrogens (tertiary/aromatic N) is 1. The van der Waals surface area contributed by atoms with Gasteiger partial charge in [0.2, 0.25) is 0 Å². The van der Waals surface area contributed by atoms with Crippen LogP contribution in [-0.4, -0.2) is 16.9 Å². The molecule has 1 amide bonds. The van der Waals surface area contributed by atoms with Crippen molar-refractivity contribution in [2.45, 2.75) is 32.7 Å². The summed E-state index contributed by atoms with van der Waals surface area (Å²) in [5.74, 6) is 0.530. The van der Waals surface area contributed by atoms with Crippen molar-refractivity contribution in [3.8, 4) is 0 Å². The normalized spacial score (nSPS) is 19.5. The maximum atomic E-state index is 11.8. The molecular weight excluding hydrogens is 224 g/mol. The molecule has 2 rings (SSSR count). The summed E-state index contributed by atoms with van der Waals surface area (Å²) < 4.78 is 0. The quantitative estimate of drug-likeness (QED) is 0.805. The first-order chi connectivity index (χ1) is 7.56. The smallest absolute Gasteiger partial charge is 0.253 e. The van der Waals surface area contributed by atoms with Crippen LogP contribution in [0.4, 0.5) is 0 Å². The third-order valence-electron chi connectivity index (χ3n) is 2.72. The van der Waals surface area contributed by atoms with Crippen LogP contribution in [-0.2, 0) is 6.42 Å². The number of pyridine rings is 1.